The molecule has 0 bridgehead atoms. The minimum absolute atomic E-state index is 0.165. The Balaban J connectivity index is 1.04. The molecule has 1 aliphatic heterocycles. The normalized spacial score (nSPS) is 20.4. The van der Waals surface area contributed by atoms with Crippen molar-refractivity contribution in [3.05, 3.63) is 48.3 Å². The monoisotopic (exact) mass is 535 g/mol. The minimum Gasteiger partial charge on any atom is -0.507 e. The number of carbonyl (C=O) groups is 1. The van der Waals surface area contributed by atoms with Crippen LogP contribution < -0.4 is 5.73 Å². The summed E-state index contributed by atoms with van der Waals surface area (Å²) in [5.74, 6) is 1.01. The number of piperidine rings is 1. The second-order valence-corrected chi connectivity index (χ2v) is 11.2. The third kappa shape index (κ3) is 6.69. The Morgan fingerprint density at radius 2 is 1.85 bits per heavy atom. The number of ether oxygens (including phenoxy) is 3. The van der Waals surface area contributed by atoms with Crippen LogP contribution in [0.25, 0.3) is 23.1 Å². The molecule has 2 aliphatic rings. The van der Waals surface area contributed by atoms with Gasteiger partial charge in [0.2, 0.25) is 5.78 Å². The number of likely N-dealkylation sites (tertiary alicyclic amines) is 1. The molecule has 208 valence electrons. The van der Waals surface area contributed by atoms with E-state index in [9.17, 15) is 9.90 Å². The van der Waals surface area contributed by atoms with E-state index < -0.39 is 5.60 Å². The maximum atomic E-state index is 12.2. The molecular weight excluding hydrogens is 498 g/mol. The zero-order chi connectivity index (χ0) is 27.6. The summed E-state index contributed by atoms with van der Waals surface area (Å²) >= 11 is 0. The first-order valence-corrected chi connectivity index (χ1v) is 13.5. The standard InChI is InChI=1S/C29H37N5O5/c1-29(2,3)39-28(36)33-12-10-20(11-13-33)38-22-15-21(16-22)37-14-6-7-19-17-34-18-24(31-27(34)32-26(19)30)23-8-4-5-9-25(23)35/h4-9,17-18,20-22,35H,10-16H2,1-3H3,(H2,30,31,32)/b7-6+/t21-,22-. The van der Waals surface area contributed by atoms with Crippen LogP contribution in [0.5, 0.6) is 5.75 Å². The van der Waals surface area contributed by atoms with Crippen molar-refractivity contribution in [1.29, 1.82) is 0 Å². The zero-order valence-electron chi connectivity index (χ0n) is 22.7. The molecule has 1 aromatic carbocycles. The number of nitrogen functional groups attached to an aromatic ring is 1. The molecule has 0 radical (unpaired) electrons. The number of hydrogen-bond acceptors (Lipinski definition) is 8. The van der Waals surface area contributed by atoms with Crippen molar-refractivity contribution in [3.8, 4) is 17.0 Å². The second-order valence-electron chi connectivity index (χ2n) is 11.2. The van der Waals surface area contributed by atoms with Gasteiger partial charge in [-0.05, 0) is 58.6 Å². The Labute approximate surface area is 228 Å². The summed E-state index contributed by atoms with van der Waals surface area (Å²) < 4.78 is 19.5. The highest BCUT2D eigenvalue weighted by atomic mass is 16.6. The van der Waals surface area contributed by atoms with Crippen LogP contribution in [0.2, 0.25) is 0 Å². The highest BCUT2D eigenvalue weighted by molar-refractivity contribution is 5.70. The van der Waals surface area contributed by atoms with Gasteiger partial charge in [-0.3, -0.25) is 4.40 Å². The number of nitrogens with zero attached hydrogens (tertiary/aromatic N) is 4. The number of rotatable bonds is 7. The van der Waals surface area contributed by atoms with E-state index in [-0.39, 0.29) is 30.2 Å². The number of benzene rings is 1. The molecule has 1 amide bonds. The quantitative estimate of drug-likeness (QED) is 0.448. The summed E-state index contributed by atoms with van der Waals surface area (Å²) in [5.41, 5.74) is 7.70. The number of amides is 1. The Bertz CT molecular complexity index is 1330. The smallest absolute Gasteiger partial charge is 0.410 e. The highest BCUT2D eigenvalue weighted by Crippen LogP contribution is 2.30. The molecule has 3 aromatic rings. The van der Waals surface area contributed by atoms with Gasteiger partial charge in [-0.25, -0.2) is 9.78 Å². The van der Waals surface area contributed by atoms with Gasteiger partial charge in [0.25, 0.3) is 0 Å². The number of para-hydroxylation sites is 1. The van der Waals surface area contributed by atoms with Crippen molar-refractivity contribution in [1.82, 2.24) is 19.3 Å². The highest BCUT2D eigenvalue weighted by Gasteiger charge is 2.34. The van der Waals surface area contributed by atoms with Crippen molar-refractivity contribution in [3.63, 3.8) is 0 Å². The number of phenolic OH excluding ortho intramolecular Hbond substituents is 1. The first kappa shape index (κ1) is 27.0. The van der Waals surface area contributed by atoms with Crippen LogP contribution in [0.4, 0.5) is 10.6 Å². The fraction of sp³-hybridized carbons (Fsp3) is 0.483. The number of hydrogen-bond donors (Lipinski definition) is 2. The van der Waals surface area contributed by atoms with Crippen LogP contribution in [0, 0.1) is 0 Å². The number of aromatic nitrogens is 3. The maximum Gasteiger partial charge on any atom is 0.410 e. The van der Waals surface area contributed by atoms with E-state index in [1.807, 2.05) is 57.4 Å². The Kier molecular flexibility index (Phi) is 7.76. The van der Waals surface area contributed by atoms with E-state index in [0.29, 0.717) is 42.5 Å². The molecule has 5 rings (SSSR count). The van der Waals surface area contributed by atoms with Gasteiger partial charge in [0, 0.05) is 36.6 Å². The van der Waals surface area contributed by atoms with E-state index in [2.05, 4.69) is 9.97 Å². The lowest BCUT2D eigenvalue weighted by Crippen LogP contribution is -2.46. The van der Waals surface area contributed by atoms with E-state index >= 15 is 0 Å². The van der Waals surface area contributed by atoms with Gasteiger partial charge >= 0.3 is 6.09 Å². The topological polar surface area (TPSA) is 124 Å². The van der Waals surface area contributed by atoms with Gasteiger partial charge in [-0.15, -0.1) is 0 Å². The Hall–Kier alpha value is -3.63. The number of fused-ring (bicyclic) bond motifs is 1. The summed E-state index contributed by atoms with van der Waals surface area (Å²) in [6.45, 7) is 7.44. The van der Waals surface area contributed by atoms with Crippen molar-refractivity contribution >= 4 is 23.8 Å². The van der Waals surface area contributed by atoms with Crippen LogP contribution in [0.3, 0.4) is 0 Å². The van der Waals surface area contributed by atoms with Crippen LogP contribution in [-0.2, 0) is 14.2 Å². The molecule has 3 N–H and O–H groups in total. The van der Waals surface area contributed by atoms with Crippen molar-refractivity contribution in [2.45, 2.75) is 70.4 Å². The number of nitrogens with two attached hydrogens (primary N) is 1. The fourth-order valence-corrected chi connectivity index (χ4v) is 4.80. The van der Waals surface area contributed by atoms with Crippen LogP contribution in [0.1, 0.15) is 52.0 Å². The summed E-state index contributed by atoms with van der Waals surface area (Å²) in [5, 5.41) is 10.1. The summed E-state index contributed by atoms with van der Waals surface area (Å²) in [7, 11) is 0. The maximum absolute atomic E-state index is 12.2. The molecule has 1 saturated carbocycles. The predicted octanol–water partition coefficient (Wildman–Crippen LogP) is 4.66. The van der Waals surface area contributed by atoms with Gasteiger partial charge in [0.15, 0.2) is 0 Å². The predicted molar refractivity (Wildman–Crippen MR) is 148 cm³/mol. The molecule has 3 heterocycles. The summed E-state index contributed by atoms with van der Waals surface area (Å²) in [4.78, 5) is 22.9. The fourth-order valence-electron chi connectivity index (χ4n) is 4.80. The molecule has 0 atom stereocenters. The van der Waals surface area contributed by atoms with E-state index in [0.717, 1.165) is 31.2 Å². The van der Waals surface area contributed by atoms with Crippen LogP contribution in [0.15, 0.2) is 42.7 Å². The van der Waals surface area contributed by atoms with Gasteiger partial charge in [0.1, 0.15) is 17.2 Å². The van der Waals surface area contributed by atoms with Gasteiger partial charge in [-0.1, -0.05) is 24.3 Å². The molecular formula is C29H37N5O5. The number of carbonyl (C=O) groups excluding carboxylic acids is 1. The van der Waals surface area contributed by atoms with Gasteiger partial charge < -0.3 is 30.0 Å². The molecule has 1 saturated heterocycles. The number of imidazole rings is 1. The lowest BCUT2D eigenvalue weighted by Gasteiger charge is -2.39. The van der Waals surface area contributed by atoms with Crippen LogP contribution >= 0.6 is 0 Å². The molecule has 10 heteroatoms. The van der Waals surface area contributed by atoms with Gasteiger partial charge in [0.05, 0.1) is 30.6 Å². The lowest BCUT2D eigenvalue weighted by molar-refractivity contribution is -0.130. The zero-order valence-corrected chi connectivity index (χ0v) is 22.7. The van der Waals surface area contributed by atoms with Gasteiger partial charge in [-0.2, -0.15) is 4.98 Å². The SMILES string of the molecule is CC(C)(C)OC(=O)N1CCC(O[C@H]2C[C@H](OC/C=C/c3cn4cc(-c5ccccc5O)nc4nc3N)C2)CC1. The van der Waals surface area contributed by atoms with Crippen LogP contribution in [-0.4, -0.2) is 74.1 Å². The Morgan fingerprint density at radius 3 is 2.56 bits per heavy atom. The average Bonchev–Trinajstić information content (AvgIpc) is 3.26. The number of anilines is 1. The lowest BCUT2D eigenvalue weighted by atomic mass is 9.91. The van der Waals surface area contributed by atoms with Crippen molar-refractivity contribution in [2.75, 3.05) is 25.4 Å². The molecule has 10 nitrogen and oxygen atoms in total. The molecule has 2 aromatic heterocycles. The first-order valence-electron chi connectivity index (χ1n) is 13.5. The molecule has 2 fully saturated rings. The molecule has 1 aliphatic carbocycles. The molecule has 39 heavy (non-hydrogen) atoms. The van der Waals surface area contributed by atoms with E-state index in [1.165, 1.54) is 0 Å². The van der Waals surface area contributed by atoms with Crippen molar-refractivity contribution in [2.24, 2.45) is 0 Å². The largest absolute Gasteiger partial charge is 0.507 e. The summed E-state index contributed by atoms with van der Waals surface area (Å²) in [6, 6.07) is 7.06. The minimum atomic E-state index is -0.476. The first-order chi connectivity index (χ1) is 18.6. The molecule has 0 unspecified atom stereocenters. The summed E-state index contributed by atoms with van der Waals surface area (Å²) in [6.07, 6.45) is 11.2. The third-order valence-electron chi connectivity index (χ3n) is 6.94. The third-order valence-corrected chi connectivity index (χ3v) is 6.94. The van der Waals surface area contributed by atoms with Crippen molar-refractivity contribution < 1.29 is 24.1 Å². The second kappa shape index (κ2) is 11.2. The number of aromatic hydroxyl groups is 1. The number of phenols is 1. The average molecular weight is 536 g/mol. The van der Waals surface area contributed by atoms with E-state index in [4.69, 9.17) is 19.9 Å². The molecule has 0 spiro atoms. The van der Waals surface area contributed by atoms with E-state index in [1.54, 1.807) is 21.4 Å². The Morgan fingerprint density at radius 1 is 1.10 bits per heavy atom.